The van der Waals surface area contributed by atoms with Gasteiger partial charge in [-0.25, -0.2) is 9.79 Å². The molecule has 1 aliphatic heterocycles. The zero-order chi connectivity index (χ0) is 23.8. The standard InChI is InChI=1S/C26H22N2O4S2/c1-4-32-19-12-11-16(17-8-5-6-9-18(17)19)14-21-24(29)28-23(20-10-7-13-33-20)22(25(30)31-3)15(2)27-26(28)34-21/h5-14,23H,4H2,1-3H3. The molecule has 2 aromatic carbocycles. The molecule has 2 aromatic heterocycles. The summed E-state index contributed by atoms with van der Waals surface area (Å²) < 4.78 is 13.0. The van der Waals surface area contributed by atoms with Crippen molar-refractivity contribution >= 4 is 45.5 Å². The van der Waals surface area contributed by atoms with E-state index in [1.54, 1.807) is 11.5 Å². The minimum Gasteiger partial charge on any atom is -0.493 e. The molecule has 0 aliphatic carbocycles. The molecule has 34 heavy (non-hydrogen) atoms. The lowest BCUT2D eigenvalue weighted by molar-refractivity contribution is -0.136. The van der Waals surface area contributed by atoms with E-state index < -0.39 is 12.0 Å². The molecule has 5 rings (SSSR count). The van der Waals surface area contributed by atoms with Crippen molar-refractivity contribution in [2.75, 3.05) is 13.7 Å². The predicted molar refractivity (Wildman–Crippen MR) is 135 cm³/mol. The zero-order valence-corrected chi connectivity index (χ0v) is 20.5. The highest BCUT2D eigenvalue weighted by Gasteiger charge is 2.33. The highest BCUT2D eigenvalue weighted by atomic mass is 32.1. The molecule has 172 valence electrons. The minimum absolute atomic E-state index is 0.186. The second kappa shape index (κ2) is 9.04. The maximum absolute atomic E-state index is 13.7. The first-order chi connectivity index (χ1) is 16.5. The van der Waals surface area contributed by atoms with Gasteiger partial charge >= 0.3 is 5.97 Å². The van der Waals surface area contributed by atoms with Crippen molar-refractivity contribution < 1.29 is 14.3 Å². The molecule has 0 radical (unpaired) electrons. The first-order valence-electron chi connectivity index (χ1n) is 10.8. The van der Waals surface area contributed by atoms with Crippen LogP contribution < -0.4 is 19.6 Å². The van der Waals surface area contributed by atoms with Crippen LogP contribution in [0.25, 0.3) is 16.8 Å². The summed E-state index contributed by atoms with van der Waals surface area (Å²) in [5.74, 6) is 0.333. The van der Waals surface area contributed by atoms with Gasteiger partial charge in [-0.05, 0) is 48.4 Å². The highest BCUT2D eigenvalue weighted by molar-refractivity contribution is 7.10. The third-order valence-electron chi connectivity index (χ3n) is 5.74. The molecular formula is C26H22N2O4S2. The van der Waals surface area contributed by atoms with Crippen molar-refractivity contribution in [3.05, 3.63) is 95.3 Å². The van der Waals surface area contributed by atoms with Crippen LogP contribution in [0.1, 0.15) is 30.3 Å². The number of aromatic nitrogens is 1. The van der Waals surface area contributed by atoms with Gasteiger partial charge in [-0.2, -0.15) is 0 Å². The fraction of sp³-hybridized carbons (Fsp3) is 0.192. The molecule has 0 amide bonds. The van der Waals surface area contributed by atoms with Crippen LogP contribution in [0.2, 0.25) is 0 Å². The van der Waals surface area contributed by atoms with E-state index in [9.17, 15) is 9.59 Å². The normalized spacial score (nSPS) is 15.9. The van der Waals surface area contributed by atoms with Gasteiger partial charge in [0.15, 0.2) is 4.80 Å². The SMILES string of the molecule is CCOc1ccc(C=c2sc3n(c2=O)C(c2cccs2)C(C(=O)OC)=C(C)N=3)c2ccccc12. The van der Waals surface area contributed by atoms with Crippen LogP contribution in [0, 0.1) is 0 Å². The van der Waals surface area contributed by atoms with Crippen molar-refractivity contribution in [2.24, 2.45) is 4.99 Å². The summed E-state index contributed by atoms with van der Waals surface area (Å²) in [5.41, 5.74) is 1.68. The summed E-state index contributed by atoms with van der Waals surface area (Å²) in [6, 6.07) is 15.1. The van der Waals surface area contributed by atoms with Crippen LogP contribution in [0.5, 0.6) is 5.75 Å². The number of allylic oxidation sites excluding steroid dienone is 1. The molecule has 0 bridgehead atoms. The summed E-state index contributed by atoms with van der Waals surface area (Å²) in [7, 11) is 1.34. The number of hydrogen-bond acceptors (Lipinski definition) is 7. The fourth-order valence-electron chi connectivity index (χ4n) is 4.25. The van der Waals surface area contributed by atoms with Crippen LogP contribution in [0.4, 0.5) is 0 Å². The number of carbonyl (C=O) groups is 1. The summed E-state index contributed by atoms with van der Waals surface area (Å²) >= 11 is 2.82. The van der Waals surface area contributed by atoms with Gasteiger partial charge in [0.2, 0.25) is 0 Å². The van der Waals surface area contributed by atoms with E-state index >= 15 is 0 Å². The van der Waals surface area contributed by atoms with Crippen molar-refractivity contribution in [1.29, 1.82) is 0 Å². The Balaban J connectivity index is 1.74. The second-order valence-electron chi connectivity index (χ2n) is 7.72. The summed E-state index contributed by atoms with van der Waals surface area (Å²) in [4.78, 5) is 32.4. The molecule has 0 fully saturated rings. The Morgan fingerprint density at radius 2 is 1.94 bits per heavy atom. The Kier molecular flexibility index (Phi) is 5.93. The Morgan fingerprint density at radius 3 is 2.65 bits per heavy atom. The van der Waals surface area contributed by atoms with Crippen molar-refractivity contribution in [2.45, 2.75) is 19.9 Å². The van der Waals surface area contributed by atoms with Gasteiger partial charge in [-0.1, -0.05) is 47.7 Å². The molecule has 0 spiro atoms. The Bertz CT molecular complexity index is 1610. The van der Waals surface area contributed by atoms with Gasteiger partial charge in [-0.15, -0.1) is 11.3 Å². The van der Waals surface area contributed by atoms with E-state index in [1.165, 1.54) is 29.8 Å². The molecule has 1 aliphatic rings. The van der Waals surface area contributed by atoms with Gasteiger partial charge in [0.1, 0.15) is 11.8 Å². The third-order valence-corrected chi connectivity index (χ3v) is 7.65. The number of rotatable bonds is 5. The number of benzene rings is 2. The van der Waals surface area contributed by atoms with Gasteiger partial charge in [-0.3, -0.25) is 9.36 Å². The average Bonchev–Trinajstić information content (AvgIpc) is 3.48. The van der Waals surface area contributed by atoms with E-state index in [0.717, 1.165) is 27.0 Å². The third kappa shape index (κ3) is 3.69. The molecule has 0 saturated heterocycles. The largest absolute Gasteiger partial charge is 0.493 e. The number of nitrogens with zero attached hydrogens (tertiary/aromatic N) is 2. The smallest absolute Gasteiger partial charge is 0.338 e. The summed E-state index contributed by atoms with van der Waals surface area (Å²) in [6.45, 7) is 4.31. The number of fused-ring (bicyclic) bond motifs is 2. The molecule has 3 heterocycles. The average molecular weight is 491 g/mol. The fourth-order valence-corrected chi connectivity index (χ4v) is 6.11. The van der Waals surface area contributed by atoms with Gasteiger partial charge in [0, 0.05) is 10.3 Å². The molecule has 0 N–H and O–H groups in total. The summed E-state index contributed by atoms with van der Waals surface area (Å²) in [5, 5.41) is 3.92. The van der Waals surface area contributed by atoms with E-state index in [2.05, 4.69) is 4.99 Å². The number of thiazole rings is 1. The Morgan fingerprint density at radius 1 is 1.15 bits per heavy atom. The Hall–Kier alpha value is -3.49. The van der Waals surface area contributed by atoms with Crippen LogP contribution in [-0.4, -0.2) is 24.3 Å². The van der Waals surface area contributed by atoms with Gasteiger partial charge in [0.05, 0.1) is 29.5 Å². The molecule has 4 aromatic rings. The zero-order valence-electron chi connectivity index (χ0n) is 18.9. The maximum Gasteiger partial charge on any atom is 0.338 e. The first-order valence-corrected chi connectivity index (χ1v) is 12.5. The van der Waals surface area contributed by atoms with E-state index in [4.69, 9.17) is 9.47 Å². The monoisotopic (exact) mass is 490 g/mol. The topological polar surface area (TPSA) is 69.9 Å². The lowest BCUT2D eigenvalue weighted by Crippen LogP contribution is -2.39. The lowest BCUT2D eigenvalue weighted by Gasteiger charge is -2.22. The van der Waals surface area contributed by atoms with Crippen LogP contribution >= 0.6 is 22.7 Å². The van der Waals surface area contributed by atoms with E-state index in [1.807, 2.05) is 66.9 Å². The molecular weight excluding hydrogens is 468 g/mol. The quantitative estimate of drug-likeness (QED) is 0.396. The van der Waals surface area contributed by atoms with Crippen molar-refractivity contribution in [1.82, 2.24) is 4.57 Å². The number of thiophene rings is 1. The molecule has 0 saturated carbocycles. The lowest BCUT2D eigenvalue weighted by atomic mass is 10.0. The van der Waals surface area contributed by atoms with Crippen molar-refractivity contribution in [3.8, 4) is 5.75 Å². The van der Waals surface area contributed by atoms with Crippen LogP contribution in [0.3, 0.4) is 0 Å². The molecule has 1 unspecified atom stereocenters. The van der Waals surface area contributed by atoms with Crippen LogP contribution in [-0.2, 0) is 9.53 Å². The van der Waals surface area contributed by atoms with Gasteiger partial charge < -0.3 is 9.47 Å². The van der Waals surface area contributed by atoms with Crippen LogP contribution in [0.15, 0.2) is 75.0 Å². The second-order valence-corrected chi connectivity index (χ2v) is 9.71. The first kappa shape index (κ1) is 22.3. The molecule has 6 nitrogen and oxygen atoms in total. The number of methoxy groups -OCH3 is 1. The number of esters is 1. The number of carbonyl (C=O) groups excluding carboxylic acids is 1. The number of hydrogen-bond donors (Lipinski definition) is 0. The predicted octanol–water partition coefficient (Wildman–Crippen LogP) is 4.02. The maximum atomic E-state index is 13.7. The van der Waals surface area contributed by atoms with Crippen molar-refractivity contribution in [3.63, 3.8) is 0 Å². The highest BCUT2D eigenvalue weighted by Crippen LogP contribution is 2.33. The number of ether oxygens (including phenoxy) is 2. The van der Waals surface area contributed by atoms with E-state index in [-0.39, 0.29) is 5.56 Å². The van der Waals surface area contributed by atoms with E-state index in [0.29, 0.717) is 27.2 Å². The summed E-state index contributed by atoms with van der Waals surface area (Å²) in [6.07, 6.45) is 1.89. The molecule has 1 atom stereocenters. The minimum atomic E-state index is -0.567. The van der Waals surface area contributed by atoms with Gasteiger partial charge in [0.25, 0.3) is 5.56 Å². The Labute approximate surface area is 203 Å². The molecule has 8 heteroatoms.